The van der Waals surface area contributed by atoms with E-state index < -0.39 is 29.1 Å². The van der Waals surface area contributed by atoms with E-state index in [-0.39, 0.29) is 5.92 Å². The maximum atomic E-state index is 13.4. The van der Waals surface area contributed by atoms with Crippen molar-refractivity contribution in [2.24, 2.45) is 23.5 Å². The topological polar surface area (TPSA) is 73.4 Å². The van der Waals surface area contributed by atoms with Crippen molar-refractivity contribution in [2.75, 3.05) is 31.1 Å². The molecular formula is C23H25F3N4OS. The Morgan fingerprint density at radius 1 is 1.22 bits per heavy atom. The van der Waals surface area contributed by atoms with E-state index in [0.29, 0.717) is 24.7 Å². The summed E-state index contributed by atoms with van der Waals surface area (Å²) in [5.41, 5.74) is 6.03. The van der Waals surface area contributed by atoms with Crippen molar-refractivity contribution in [3.05, 3.63) is 51.7 Å². The number of thiophene rings is 1. The summed E-state index contributed by atoms with van der Waals surface area (Å²) in [6.45, 7) is 3.57. The van der Waals surface area contributed by atoms with Crippen LogP contribution in [-0.2, 0) is 17.5 Å². The summed E-state index contributed by atoms with van der Waals surface area (Å²) in [7, 11) is 0. The zero-order valence-corrected chi connectivity index (χ0v) is 18.3. The minimum absolute atomic E-state index is 0.0146. The monoisotopic (exact) mass is 462 g/mol. The summed E-state index contributed by atoms with van der Waals surface area (Å²) in [6.07, 6.45) is -2.74. The smallest absolute Gasteiger partial charge is 0.370 e. The number of benzene rings is 1. The first-order chi connectivity index (χ1) is 15.3. The average Bonchev–Trinajstić information content (AvgIpc) is 3.43. The van der Waals surface area contributed by atoms with Crippen molar-refractivity contribution in [3.8, 4) is 6.07 Å². The normalized spacial score (nSPS) is 22.8. The molecule has 5 nitrogen and oxygen atoms in total. The van der Waals surface area contributed by atoms with E-state index in [2.05, 4.69) is 21.7 Å². The lowest BCUT2D eigenvalue weighted by molar-refractivity contribution is -0.137. The van der Waals surface area contributed by atoms with Gasteiger partial charge < -0.3 is 10.6 Å². The van der Waals surface area contributed by atoms with E-state index in [1.54, 1.807) is 17.4 Å². The van der Waals surface area contributed by atoms with Crippen LogP contribution in [-0.4, -0.2) is 37.0 Å². The third-order valence-electron chi connectivity index (χ3n) is 6.75. The first-order valence-corrected chi connectivity index (χ1v) is 11.6. The summed E-state index contributed by atoms with van der Waals surface area (Å²) in [5.74, 6) is -0.478. The Balaban J connectivity index is 1.47. The van der Waals surface area contributed by atoms with Crippen molar-refractivity contribution in [1.29, 1.82) is 5.26 Å². The molecule has 0 radical (unpaired) electrons. The number of rotatable bonds is 5. The van der Waals surface area contributed by atoms with E-state index in [4.69, 9.17) is 11.0 Å². The Morgan fingerprint density at radius 3 is 2.56 bits per heavy atom. The molecule has 3 heterocycles. The van der Waals surface area contributed by atoms with Gasteiger partial charge in [0.15, 0.2) is 0 Å². The number of amides is 1. The number of hydrogen-bond acceptors (Lipinski definition) is 5. The molecule has 32 heavy (non-hydrogen) atoms. The zero-order chi connectivity index (χ0) is 22.9. The molecule has 9 heteroatoms. The highest BCUT2D eigenvalue weighted by molar-refractivity contribution is 7.07. The highest BCUT2D eigenvalue weighted by atomic mass is 32.1. The SMILES string of the molecule is N#Cc1ccc(N2C[C@@H](C(N)=O)[C@H](C3CCN(Cc4ccsc4)CC3)C2)cc1C(F)(F)F. The van der Waals surface area contributed by atoms with Gasteiger partial charge in [0.25, 0.3) is 0 Å². The van der Waals surface area contributed by atoms with Crippen LogP contribution in [0.15, 0.2) is 35.0 Å². The van der Waals surface area contributed by atoms with Crippen LogP contribution in [0.25, 0.3) is 0 Å². The van der Waals surface area contributed by atoms with Crippen molar-refractivity contribution in [2.45, 2.75) is 25.6 Å². The fourth-order valence-electron chi connectivity index (χ4n) is 5.06. The third kappa shape index (κ3) is 4.76. The molecule has 2 fully saturated rings. The molecule has 0 saturated carbocycles. The highest BCUT2D eigenvalue weighted by Crippen LogP contribution is 2.40. The number of halogens is 3. The Kier molecular flexibility index (Phi) is 6.45. The number of nitrogens with two attached hydrogens (primary N) is 1. The van der Waals surface area contributed by atoms with Crippen molar-refractivity contribution in [3.63, 3.8) is 0 Å². The average molecular weight is 463 g/mol. The molecule has 2 aliphatic heterocycles. The summed E-state index contributed by atoms with van der Waals surface area (Å²) in [6, 6.07) is 7.48. The number of likely N-dealkylation sites (tertiary alicyclic amines) is 1. The number of alkyl halides is 3. The molecule has 4 rings (SSSR count). The largest absolute Gasteiger partial charge is 0.417 e. The standard InChI is InChI=1S/C23H25F3N4OS/c24-23(25,26)21-9-18(2-1-17(21)10-27)30-12-19(20(13-30)22(28)31)16-3-6-29(7-4-16)11-15-5-8-32-14-15/h1-2,5,8-9,14,16,19-20H,3-4,6-7,11-13H2,(H2,28,31)/t19-,20+/m0/s1. The molecule has 0 aliphatic carbocycles. The van der Waals surface area contributed by atoms with Gasteiger partial charge in [-0.25, -0.2) is 0 Å². The van der Waals surface area contributed by atoms with Crippen LogP contribution in [0.4, 0.5) is 18.9 Å². The van der Waals surface area contributed by atoms with Crippen LogP contribution in [0.5, 0.6) is 0 Å². The fraction of sp³-hybridized carbons (Fsp3) is 0.478. The second-order valence-electron chi connectivity index (χ2n) is 8.66. The van der Waals surface area contributed by atoms with Gasteiger partial charge in [0, 0.05) is 25.3 Å². The molecule has 0 unspecified atom stereocenters. The van der Waals surface area contributed by atoms with Crippen molar-refractivity contribution >= 4 is 22.9 Å². The number of anilines is 1. The van der Waals surface area contributed by atoms with Gasteiger partial charge in [-0.1, -0.05) is 0 Å². The molecule has 2 saturated heterocycles. The number of primary amides is 1. The summed E-state index contributed by atoms with van der Waals surface area (Å²) >= 11 is 1.68. The van der Waals surface area contributed by atoms with Gasteiger partial charge in [-0.2, -0.15) is 29.8 Å². The van der Waals surface area contributed by atoms with E-state index in [0.717, 1.165) is 38.5 Å². The molecule has 1 aromatic carbocycles. The van der Waals surface area contributed by atoms with Gasteiger partial charge in [0.2, 0.25) is 5.91 Å². The van der Waals surface area contributed by atoms with Crippen LogP contribution in [0.3, 0.4) is 0 Å². The minimum Gasteiger partial charge on any atom is -0.370 e. The molecule has 0 spiro atoms. The summed E-state index contributed by atoms with van der Waals surface area (Å²) < 4.78 is 40.2. The number of nitrogens with zero attached hydrogens (tertiary/aromatic N) is 3. The molecule has 0 bridgehead atoms. The lowest BCUT2D eigenvalue weighted by Gasteiger charge is -2.36. The van der Waals surface area contributed by atoms with E-state index in [1.807, 2.05) is 4.90 Å². The first-order valence-electron chi connectivity index (χ1n) is 10.7. The predicted octanol–water partition coefficient (Wildman–Crippen LogP) is 4.09. The summed E-state index contributed by atoms with van der Waals surface area (Å²) in [5, 5.41) is 13.3. The van der Waals surface area contributed by atoms with E-state index in [1.165, 1.54) is 17.7 Å². The Labute approximate surface area is 189 Å². The van der Waals surface area contributed by atoms with Crippen LogP contribution < -0.4 is 10.6 Å². The Morgan fingerprint density at radius 2 is 1.97 bits per heavy atom. The molecule has 2 aliphatic rings. The maximum Gasteiger partial charge on any atom is 0.417 e. The van der Waals surface area contributed by atoms with Crippen LogP contribution in [0, 0.1) is 29.1 Å². The van der Waals surface area contributed by atoms with Crippen molar-refractivity contribution in [1.82, 2.24) is 4.90 Å². The van der Waals surface area contributed by atoms with Crippen molar-refractivity contribution < 1.29 is 18.0 Å². The lowest BCUT2D eigenvalue weighted by Crippen LogP contribution is -2.40. The highest BCUT2D eigenvalue weighted by Gasteiger charge is 2.42. The maximum absolute atomic E-state index is 13.4. The number of carbonyl (C=O) groups is 1. The second-order valence-corrected chi connectivity index (χ2v) is 9.44. The molecular weight excluding hydrogens is 437 g/mol. The van der Waals surface area contributed by atoms with Crippen LogP contribution in [0.2, 0.25) is 0 Å². The number of carbonyl (C=O) groups excluding carboxylic acids is 1. The molecule has 2 N–H and O–H groups in total. The molecule has 170 valence electrons. The van der Waals surface area contributed by atoms with Crippen LogP contribution in [0.1, 0.15) is 29.5 Å². The Hall–Kier alpha value is -2.57. The number of piperidine rings is 1. The van der Waals surface area contributed by atoms with Gasteiger partial charge in [-0.15, -0.1) is 0 Å². The van der Waals surface area contributed by atoms with Gasteiger partial charge in [-0.3, -0.25) is 9.69 Å². The van der Waals surface area contributed by atoms with Gasteiger partial charge >= 0.3 is 6.18 Å². The van der Waals surface area contributed by atoms with Crippen LogP contribution >= 0.6 is 11.3 Å². The fourth-order valence-corrected chi connectivity index (χ4v) is 5.72. The quantitative estimate of drug-likeness (QED) is 0.727. The molecule has 2 aromatic rings. The molecule has 1 aromatic heterocycles. The lowest BCUT2D eigenvalue weighted by atomic mass is 9.78. The van der Waals surface area contributed by atoms with Gasteiger partial charge in [-0.05, 0) is 78.4 Å². The molecule has 1 amide bonds. The number of nitriles is 1. The number of hydrogen-bond donors (Lipinski definition) is 1. The van der Waals surface area contributed by atoms with Gasteiger partial charge in [0.05, 0.1) is 23.1 Å². The van der Waals surface area contributed by atoms with E-state index >= 15 is 0 Å². The van der Waals surface area contributed by atoms with Gasteiger partial charge in [0.1, 0.15) is 0 Å². The zero-order valence-electron chi connectivity index (χ0n) is 17.5. The minimum atomic E-state index is -4.61. The third-order valence-corrected chi connectivity index (χ3v) is 7.48. The second kappa shape index (κ2) is 9.12. The molecule has 2 atom stereocenters. The summed E-state index contributed by atoms with van der Waals surface area (Å²) in [4.78, 5) is 16.4. The predicted molar refractivity (Wildman–Crippen MR) is 117 cm³/mol. The Bertz CT molecular complexity index is 994. The first kappa shape index (κ1) is 22.6. The van der Waals surface area contributed by atoms with E-state index in [9.17, 15) is 18.0 Å².